The van der Waals surface area contributed by atoms with E-state index < -0.39 is 0 Å². The van der Waals surface area contributed by atoms with Crippen molar-refractivity contribution in [3.8, 4) is 5.75 Å². The molecule has 0 aliphatic heterocycles. The van der Waals surface area contributed by atoms with Crippen molar-refractivity contribution in [3.05, 3.63) is 53.1 Å². The van der Waals surface area contributed by atoms with Crippen LogP contribution in [0.2, 0.25) is 0 Å². The highest BCUT2D eigenvalue weighted by Crippen LogP contribution is 2.14. The molecule has 0 saturated heterocycles. The predicted molar refractivity (Wildman–Crippen MR) is 98.5 cm³/mol. The van der Waals surface area contributed by atoms with Crippen LogP contribution in [0.1, 0.15) is 41.4 Å². The highest BCUT2D eigenvalue weighted by atomic mass is 16.5. The number of benzene rings is 1. The molecule has 0 saturated carbocycles. The Hall–Kier alpha value is -2.96. The Bertz CT molecular complexity index is 916. The Kier molecular flexibility index (Phi) is 5.16. The molecule has 7 nitrogen and oxygen atoms in total. The molecule has 3 rings (SSSR count). The van der Waals surface area contributed by atoms with Crippen molar-refractivity contribution in [2.75, 3.05) is 6.54 Å². The van der Waals surface area contributed by atoms with Gasteiger partial charge in [-0.1, -0.05) is 12.1 Å². The summed E-state index contributed by atoms with van der Waals surface area (Å²) in [5.74, 6) is 1.12. The summed E-state index contributed by atoms with van der Waals surface area (Å²) in [6.07, 6.45) is 0.872. The largest absolute Gasteiger partial charge is 0.491 e. The van der Waals surface area contributed by atoms with Crippen molar-refractivity contribution in [1.29, 1.82) is 0 Å². The summed E-state index contributed by atoms with van der Waals surface area (Å²) < 4.78 is 7.20. The van der Waals surface area contributed by atoms with E-state index in [2.05, 4.69) is 20.4 Å². The van der Waals surface area contributed by atoms with Crippen LogP contribution in [0.4, 0.5) is 0 Å². The van der Waals surface area contributed by atoms with Crippen LogP contribution in [0.15, 0.2) is 30.3 Å². The monoisotopic (exact) mass is 353 g/mol. The van der Waals surface area contributed by atoms with Gasteiger partial charge in [-0.05, 0) is 57.9 Å². The molecule has 0 spiro atoms. The molecule has 0 atom stereocenters. The summed E-state index contributed by atoms with van der Waals surface area (Å²) in [7, 11) is 0. The van der Waals surface area contributed by atoms with Gasteiger partial charge in [0.05, 0.1) is 6.10 Å². The van der Waals surface area contributed by atoms with E-state index in [-0.39, 0.29) is 17.8 Å². The summed E-state index contributed by atoms with van der Waals surface area (Å²) in [5.41, 5.74) is 2.86. The smallest absolute Gasteiger partial charge is 0.291 e. The number of nitrogens with zero attached hydrogens (tertiary/aromatic N) is 4. The minimum Gasteiger partial charge on any atom is -0.491 e. The van der Waals surface area contributed by atoms with E-state index in [4.69, 9.17) is 4.74 Å². The van der Waals surface area contributed by atoms with Crippen molar-refractivity contribution in [3.63, 3.8) is 0 Å². The maximum absolute atomic E-state index is 12.3. The fourth-order valence-electron chi connectivity index (χ4n) is 2.67. The highest BCUT2D eigenvalue weighted by Gasteiger charge is 2.14. The topological polar surface area (TPSA) is 81.4 Å². The third-order valence-electron chi connectivity index (χ3n) is 3.82. The molecule has 0 aliphatic carbocycles. The van der Waals surface area contributed by atoms with Crippen molar-refractivity contribution in [2.24, 2.45) is 0 Å². The number of fused-ring (bicyclic) bond motifs is 1. The lowest BCUT2D eigenvalue weighted by atomic mass is 10.1. The van der Waals surface area contributed by atoms with Gasteiger partial charge in [-0.15, -0.1) is 5.10 Å². The Morgan fingerprint density at radius 3 is 2.62 bits per heavy atom. The molecule has 1 amide bonds. The molecule has 0 fully saturated rings. The summed E-state index contributed by atoms with van der Waals surface area (Å²) in [6, 6.07) is 9.79. The van der Waals surface area contributed by atoms with Crippen molar-refractivity contribution in [2.45, 2.75) is 40.2 Å². The fraction of sp³-hybridized carbons (Fsp3) is 0.368. The quantitative estimate of drug-likeness (QED) is 0.736. The molecular weight excluding hydrogens is 330 g/mol. The molecule has 0 unspecified atom stereocenters. The number of hydrogen-bond donors (Lipinski definition) is 1. The number of hydrogen-bond acceptors (Lipinski definition) is 5. The number of carbonyl (C=O) groups is 1. The number of nitrogens with one attached hydrogen (secondary N) is 1. The lowest BCUT2D eigenvalue weighted by Crippen LogP contribution is -2.26. The molecule has 0 aliphatic rings. The molecule has 2 heterocycles. The lowest BCUT2D eigenvalue weighted by molar-refractivity contribution is 0.0944. The molecule has 0 radical (unpaired) electrons. The second-order valence-corrected chi connectivity index (χ2v) is 6.50. The summed E-state index contributed by atoms with van der Waals surface area (Å²) in [5, 5.41) is 7.09. The molecule has 136 valence electrons. The first kappa shape index (κ1) is 17.8. The fourth-order valence-corrected chi connectivity index (χ4v) is 2.67. The van der Waals surface area contributed by atoms with Gasteiger partial charge in [-0.2, -0.15) is 4.98 Å². The van der Waals surface area contributed by atoms with Crippen molar-refractivity contribution in [1.82, 2.24) is 24.9 Å². The van der Waals surface area contributed by atoms with Crippen LogP contribution in [0.5, 0.6) is 5.75 Å². The van der Waals surface area contributed by atoms with Crippen molar-refractivity contribution < 1.29 is 9.53 Å². The number of aryl methyl sites for hydroxylation is 2. The number of amides is 1. The number of rotatable bonds is 6. The average Bonchev–Trinajstić information content (AvgIpc) is 3.00. The van der Waals surface area contributed by atoms with Crippen LogP contribution < -0.4 is 10.1 Å². The molecule has 2 aromatic heterocycles. The minimum atomic E-state index is -0.299. The van der Waals surface area contributed by atoms with Crippen LogP contribution in [0.25, 0.3) is 5.78 Å². The standard InChI is InChI=1S/C19H23N5O2/c1-12(2)26-16-7-5-15(6-8-16)9-10-20-18(25)17-22-19-21-13(3)11-14(4)24(19)23-17/h5-8,11-12H,9-10H2,1-4H3,(H,20,25). The SMILES string of the molecule is Cc1cc(C)n2nc(C(=O)NCCc3ccc(OC(C)C)cc3)nc2n1. The predicted octanol–water partition coefficient (Wildman–Crippen LogP) is 2.50. The molecule has 3 aromatic rings. The second kappa shape index (κ2) is 7.51. The maximum Gasteiger partial charge on any atom is 0.291 e. The van der Waals surface area contributed by atoms with Crippen LogP contribution >= 0.6 is 0 Å². The zero-order valence-corrected chi connectivity index (χ0v) is 15.5. The van der Waals surface area contributed by atoms with Gasteiger partial charge in [-0.25, -0.2) is 9.50 Å². The Morgan fingerprint density at radius 2 is 1.92 bits per heavy atom. The van der Waals surface area contributed by atoms with Crippen LogP contribution in [-0.2, 0) is 6.42 Å². The van der Waals surface area contributed by atoms with Gasteiger partial charge in [0, 0.05) is 17.9 Å². The van der Waals surface area contributed by atoms with E-state index in [0.29, 0.717) is 12.3 Å². The maximum atomic E-state index is 12.3. The lowest BCUT2D eigenvalue weighted by Gasteiger charge is -2.10. The average molecular weight is 353 g/mol. The molecule has 1 aromatic carbocycles. The normalized spacial score (nSPS) is 11.1. The van der Waals surface area contributed by atoms with Gasteiger partial charge >= 0.3 is 0 Å². The van der Waals surface area contributed by atoms with Gasteiger partial charge in [0.25, 0.3) is 11.7 Å². The van der Waals surface area contributed by atoms with E-state index >= 15 is 0 Å². The Labute approximate surface area is 152 Å². The molecule has 1 N–H and O–H groups in total. The highest BCUT2D eigenvalue weighted by molar-refractivity contribution is 5.90. The van der Waals surface area contributed by atoms with Crippen LogP contribution in [0.3, 0.4) is 0 Å². The van der Waals surface area contributed by atoms with Gasteiger partial charge < -0.3 is 10.1 Å². The first-order valence-electron chi connectivity index (χ1n) is 8.67. The molecule has 26 heavy (non-hydrogen) atoms. The molecule has 0 bridgehead atoms. The van der Waals surface area contributed by atoms with Gasteiger partial charge in [0.1, 0.15) is 5.75 Å². The van der Waals surface area contributed by atoms with Gasteiger partial charge in [0.2, 0.25) is 5.82 Å². The zero-order chi connectivity index (χ0) is 18.7. The van der Waals surface area contributed by atoms with Crippen LogP contribution in [-0.4, -0.2) is 38.1 Å². The first-order chi connectivity index (χ1) is 12.4. The second-order valence-electron chi connectivity index (χ2n) is 6.50. The van der Waals surface area contributed by atoms with E-state index in [1.807, 2.05) is 58.0 Å². The van der Waals surface area contributed by atoms with E-state index in [1.165, 1.54) is 0 Å². The van der Waals surface area contributed by atoms with Gasteiger partial charge in [-0.3, -0.25) is 4.79 Å². The Morgan fingerprint density at radius 1 is 1.19 bits per heavy atom. The third-order valence-corrected chi connectivity index (χ3v) is 3.82. The first-order valence-corrected chi connectivity index (χ1v) is 8.67. The number of carbonyl (C=O) groups excluding carboxylic acids is 1. The van der Waals surface area contributed by atoms with E-state index in [0.717, 1.165) is 29.1 Å². The van der Waals surface area contributed by atoms with Gasteiger partial charge in [0.15, 0.2) is 0 Å². The van der Waals surface area contributed by atoms with Crippen molar-refractivity contribution >= 4 is 11.7 Å². The summed E-state index contributed by atoms with van der Waals surface area (Å²) in [4.78, 5) is 20.8. The van der Waals surface area contributed by atoms with E-state index in [9.17, 15) is 4.79 Å². The Balaban J connectivity index is 1.58. The number of ether oxygens (including phenoxy) is 1. The summed E-state index contributed by atoms with van der Waals surface area (Å²) in [6.45, 7) is 8.29. The van der Waals surface area contributed by atoms with E-state index in [1.54, 1.807) is 4.52 Å². The molecule has 7 heteroatoms. The molecular formula is C19H23N5O2. The number of aromatic nitrogens is 4. The zero-order valence-electron chi connectivity index (χ0n) is 15.5. The third kappa shape index (κ3) is 4.17. The van der Waals surface area contributed by atoms with Crippen LogP contribution in [0, 0.1) is 13.8 Å². The summed E-state index contributed by atoms with van der Waals surface area (Å²) >= 11 is 0. The minimum absolute atomic E-state index is 0.131.